The zero-order valence-corrected chi connectivity index (χ0v) is 11.6. The molecule has 0 aliphatic heterocycles. The molecule has 106 valence electrons. The van der Waals surface area contributed by atoms with Crippen LogP contribution in [0.5, 0.6) is 0 Å². The molecule has 0 saturated carbocycles. The van der Waals surface area contributed by atoms with Gasteiger partial charge in [0.25, 0.3) is 10.0 Å². The van der Waals surface area contributed by atoms with Gasteiger partial charge in [-0.2, -0.15) is 0 Å². The summed E-state index contributed by atoms with van der Waals surface area (Å²) in [7, 11) is -3.76. The van der Waals surface area contributed by atoms with E-state index in [4.69, 9.17) is 5.11 Å². The Kier molecular flexibility index (Phi) is 4.06. The van der Waals surface area contributed by atoms with E-state index in [9.17, 15) is 12.8 Å². The standard InChI is InChI=1S/C14H14FNO3S/c1-10-8-12(15)4-7-14(10)20(18,19)16-13-5-2-11(9-17)3-6-13/h2-8,16-17H,9H2,1H3. The van der Waals surface area contributed by atoms with Crippen molar-refractivity contribution in [3.05, 3.63) is 59.4 Å². The van der Waals surface area contributed by atoms with Crippen molar-refractivity contribution >= 4 is 15.7 Å². The molecule has 0 radical (unpaired) electrons. The summed E-state index contributed by atoms with van der Waals surface area (Å²) < 4.78 is 39.8. The maximum Gasteiger partial charge on any atom is 0.262 e. The van der Waals surface area contributed by atoms with Crippen LogP contribution in [-0.4, -0.2) is 13.5 Å². The third-order valence-electron chi connectivity index (χ3n) is 2.82. The van der Waals surface area contributed by atoms with Gasteiger partial charge in [-0.3, -0.25) is 4.72 Å². The lowest BCUT2D eigenvalue weighted by atomic mass is 10.2. The second-order valence-corrected chi connectivity index (χ2v) is 6.02. The number of sulfonamides is 1. The van der Waals surface area contributed by atoms with Crippen LogP contribution in [0, 0.1) is 12.7 Å². The summed E-state index contributed by atoms with van der Waals surface area (Å²) in [6.45, 7) is 1.43. The lowest BCUT2D eigenvalue weighted by Gasteiger charge is -2.10. The predicted molar refractivity (Wildman–Crippen MR) is 74.3 cm³/mol. The van der Waals surface area contributed by atoms with Crippen LogP contribution in [0.2, 0.25) is 0 Å². The molecule has 20 heavy (non-hydrogen) atoms. The highest BCUT2D eigenvalue weighted by atomic mass is 32.2. The predicted octanol–water partition coefficient (Wildman–Crippen LogP) is 2.43. The Morgan fingerprint density at radius 3 is 2.35 bits per heavy atom. The molecule has 0 aromatic heterocycles. The molecule has 0 aliphatic carbocycles. The maximum absolute atomic E-state index is 13.0. The summed E-state index contributed by atoms with van der Waals surface area (Å²) in [5.74, 6) is -0.478. The van der Waals surface area contributed by atoms with Gasteiger partial charge in [0, 0.05) is 5.69 Å². The normalized spacial score (nSPS) is 11.3. The van der Waals surface area contributed by atoms with Crippen molar-refractivity contribution in [3.8, 4) is 0 Å². The molecule has 0 atom stereocenters. The van der Waals surface area contributed by atoms with Crippen molar-refractivity contribution in [2.24, 2.45) is 0 Å². The van der Waals surface area contributed by atoms with Crippen LogP contribution in [0.3, 0.4) is 0 Å². The molecule has 2 aromatic rings. The number of hydrogen-bond donors (Lipinski definition) is 2. The Labute approximate surface area is 116 Å². The molecular weight excluding hydrogens is 281 g/mol. The fraction of sp³-hybridized carbons (Fsp3) is 0.143. The number of hydrogen-bond acceptors (Lipinski definition) is 3. The van der Waals surface area contributed by atoms with Gasteiger partial charge >= 0.3 is 0 Å². The summed E-state index contributed by atoms with van der Waals surface area (Å²) >= 11 is 0. The Morgan fingerprint density at radius 2 is 1.80 bits per heavy atom. The smallest absolute Gasteiger partial charge is 0.262 e. The van der Waals surface area contributed by atoms with E-state index in [0.717, 1.165) is 6.07 Å². The summed E-state index contributed by atoms with van der Waals surface area (Å²) in [4.78, 5) is 0.0325. The molecule has 0 unspecified atom stereocenters. The zero-order chi connectivity index (χ0) is 14.8. The minimum absolute atomic E-state index is 0.0325. The highest BCUT2D eigenvalue weighted by Crippen LogP contribution is 2.20. The van der Waals surface area contributed by atoms with Gasteiger partial charge < -0.3 is 5.11 Å². The molecule has 0 saturated heterocycles. The molecule has 2 aromatic carbocycles. The van der Waals surface area contributed by atoms with Gasteiger partial charge in [0.2, 0.25) is 0 Å². The molecule has 0 spiro atoms. The summed E-state index contributed by atoms with van der Waals surface area (Å²) in [6, 6.07) is 9.86. The topological polar surface area (TPSA) is 66.4 Å². The van der Waals surface area contributed by atoms with Crippen molar-refractivity contribution in [1.29, 1.82) is 0 Å². The van der Waals surface area contributed by atoms with Gasteiger partial charge in [-0.25, -0.2) is 12.8 Å². The lowest BCUT2D eigenvalue weighted by Crippen LogP contribution is -2.14. The Bertz CT molecular complexity index is 712. The van der Waals surface area contributed by atoms with Crippen molar-refractivity contribution in [2.75, 3.05) is 4.72 Å². The number of anilines is 1. The number of nitrogens with one attached hydrogen (secondary N) is 1. The number of halogens is 1. The van der Waals surface area contributed by atoms with Gasteiger partial charge in [0.15, 0.2) is 0 Å². The summed E-state index contributed by atoms with van der Waals surface area (Å²) in [5, 5.41) is 8.93. The third kappa shape index (κ3) is 3.15. The molecule has 6 heteroatoms. The highest BCUT2D eigenvalue weighted by molar-refractivity contribution is 7.92. The monoisotopic (exact) mass is 295 g/mol. The minimum Gasteiger partial charge on any atom is -0.392 e. The quantitative estimate of drug-likeness (QED) is 0.910. The van der Waals surface area contributed by atoms with E-state index in [1.807, 2.05) is 0 Å². The molecule has 0 fully saturated rings. The SMILES string of the molecule is Cc1cc(F)ccc1S(=O)(=O)Nc1ccc(CO)cc1. The largest absolute Gasteiger partial charge is 0.392 e. The molecule has 4 nitrogen and oxygen atoms in total. The van der Waals surface area contributed by atoms with E-state index in [1.165, 1.54) is 19.1 Å². The van der Waals surface area contributed by atoms with Crippen LogP contribution in [0.4, 0.5) is 10.1 Å². The van der Waals surface area contributed by atoms with E-state index in [0.29, 0.717) is 16.8 Å². The molecule has 2 N–H and O–H groups in total. The van der Waals surface area contributed by atoms with Crippen LogP contribution in [0.1, 0.15) is 11.1 Å². The molecule has 0 amide bonds. The van der Waals surface area contributed by atoms with Crippen molar-refractivity contribution in [1.82, 2.24) is 0 Å². The first kappa shape index (κ1) is 14.5. The molecular formula is C14H14FNO3S. The lowest BCUT2D eigenvalue weighted by molar-refractivity contribution is 0.282. The van der Waals surface area contributed by atoms with E-state index < -0.39 is 15.8 Å². The molecule has 2 rings (SSSR count). The van der Waals surface area contributed by atoms with Crippen LogP contribution in [0.15, 0.2) is 47.4 Å². The molecule has 0 bridgehead atoms. The van der Waals surface area contributed by atoms with Crippen LogP contribution in [-0.2, 0) is 16.6 Å². The van der Waals surface area contributed by atoms with Crippen LogP contribution < -0.4 is 4.72 Å². The van der Waals surface area contributed by atoms with Crippen molar-refractivity contribution < 1.29 is 17.9 Å². The second-order valence-electron chi connectivity index (χ2n) is 4.37. The van der Waals surface area contributed by atoms with E-state index in [-0.39, 0.29) is 11.5 Å². The fourth-order valence-electron chi connectivity index (χ4n) is 1.80. The average Bonchev–Trinajstić information content (AvgIpc) is 2.38. The number of aryl methyl sites for hydroxylation is 1. The average molecular weight is 295 g/mol. The van der Waals surface area contributed by atoms with Crippen molar-refractivity contribution in [3.63, 3.8) is 0 Å². The van der Waals surface area contributed by atoms with Gasteiger partial charge in [0.05, 0.1) is 11.5 Å². The van der Waals surface area contributed by atoms with Gasteiger partial charge in [-0.15, -0.1) is 0 Å². The van der Waals surface area contributed by atoms with Gasteiger partial charge in [0.1, 0.15) is 5.82 Å². The first-order chi connectivity index (χ1) is 9.42. The zero-order valence-electron chi connectivity index (χ0n) is 10.8. The number of rotatable bonds is 4. The minimum atomic E-state index is -3.76. The fourth-order valence-corrected chi connectivity index (χ4v) is 3.09. The summed E-state index contributed by atoms with van der Waals surface area (Å²) in [6.07, 6.45) is 0. The second kappa shape index (κ2) is 5.60. The van der Waals surface area contributed by atoms with E-state index in [1.54, 1.807) is 24.3 Å². The van der Waals surface area contributed by atoms with Crippen LogP contribution >= 0.6 is 0 Å². The first-order valence-corrected chi connectivity index (χ1v) is 7.39. The van der Waals surface area contributed by atoms with Crippen LogP contribution in [0.25, 0.3) is 0 Å². The number of aliphatic hydroxyl groups is 1. The Morgan fingerprint density at radius 1 is 1.15 bits per heavy atom. The summed E-state index contributed by atoms with van der Waals surface area (Å²) in [5.41, 5.74) is 1.40. The first-order valence-electron chi connectivity index (χ1n) is 5.91. The number of benzene rings is 2. The Balaban J connectivity index is 2.30. The molecule has 0 heterocycles. The molecule has 0 aliphatic rings. The van der Waals surface area contributed by atoms with E-state index in [2.05, 4.69) is 4.72 Å². The van der Waals surface area contributed by atoms with Gasteiger partial charge in [-0.05, 0) is 48.4 Å². The maximum atomic E-state index is 13.0. The van der Waals surface area contributed by atoms with Crippen molar-refractivity contribution in [2.45, 2.75) is 18.4 Å². The highest BCUT2D eigenvalue weighted by Gasteiger charge is 2.17. The van der Waals surface area contributed by atoms with E-state index >= 15 is 0 Å². The van der Waals surface area contributed by atoms with Gasteiger partial charge in [-0.1, -0.05) is 12.1 Å². The third-order valence-corrected chi connectivity index (χ3v) is 4.36. The number of aliphatic hydroxyl groups excluding tert-OH is 1. The Hall–Kier alpha value is -1.92.